The topological polar surface area (TPSA) is 64.7 Å². The van der Waals surface area contributed by atoms with Crippen LogP contribution in [-0.4, -0.2) is 67.9 Å². The molecule has 0 bridgehead atoms. The Hall–Kier alpha value is -1.41. The molecule has 6 nitrogen and oxygen atoms in total. The Morgan fingerprint density at radius 2 is 2.00 bits per heavy atom. The minimum atomic E-state index is -0.539. The van der Waals surface area contributed by atoms with Gasteiger partial charge < -0.3 is 15.5 Å². The number of hydrogen-bond acceptors (Lipinski definition) is 4. The van der Waals surface area contributed by atoms with Crippen molar-refractivity contribution in [1.82, 2.24) is 15.1 Å². The van der Waals surface area contributed by atoms with Gasteiger partial charge in [-0.25, -0.2) is 4.39 Å². The maximum atomic E-state index is 13.1. The summed E-state index contributed by atoms with van der Waals surface area (Å²) < 4.78 is 13.1. The van der Waals surface area contributed by atoms with Crippen LogP contribution in [0.3, 0.4) is 0 Å². The second kappa shape index (κ2) is 9.78. The highest BCUT2D eigenvalue weighted by Crippen LogP contribution is 2.19. The van der Waals surface area contributed by atoms with Gasteiger partial charge in [-0.2, -0.15) is 0 Å². The second-order valence-corrected chi connectivity index (χ2v) is 5.89. The number of anilines is 1. The molecule has 1 aliphatic heterocycles. The van der Waals surface area contributed by atoms with Gasteiger partial charge in [-0.15, -0.1) is 12.4 Å². The summed E-state index contributed by atoms with van der Waals surface area (Å²) in [6.07, 6.45) is 0. The first-order valence-electron chi connectivity index (χ1n) is 7.37. The third-order valence-corrected chi connectivity index (χ3v) is 3.78. The number of carbonyl (C=O) groups is 2. The molecule has 1 aromatic carbocycles. The van der Waals surface area contributed by atoms with Gasteiger partial charge in [-0.05, 0) is 25.2 Å². The summed E-state index contributed by atoms with van der Waals surface area (Å²) in [6.45, 7) is 3.20. The van der Waals surface area contributed by atoms with Crippen LogP contribution in [0.2, 0.25) is 5.02 Å². The fourth-order valence-corrected chi connectivity index (χ4v) is 2.50. The molecule has 0 aliphatic carbocycles. The molecule has 0 spiro atoms. The molecular weight excluding hydrogens is 358 g/mol. The molecule has 2 rings (SSSR count). The van der Waals surface area contributed by atoms with Crippen LogP contribution >= 0.6 is 24.0 Å². The van der Waals surface area contributed by atoms with Crippen molar-refractivity contribution in [2.75, 3.05) is 51.6 Å². The van der Waals surface area contributed by atoms with E-state index in [1.54, 1.807) is 16.8 Å². The number of likely N-dealkylation sites (N-methyl/N-ethyl adjacent to an activating group) is 1. The molecule has 134 valence electrons. The van der Waals surface area contributed by atoms with Crippen molar-refractivity contribution < 1.29 is 14.0 Å². The Morgan fingerprint density at radius 3 is 2.62 bits per heavy atom. The monoisotopic (exact) mass is 378 g/mol. The number of hydrogen-bond donors (Lipinski definition) is 2. The second-order valence-electron chi connectivity index (χ2n) is 5.48. The summed E-state index contributed by atoms with van der Waals surface area (Å²) in [5.74, 6) is -0.821. The van der Waals surface area contributed by atoms with Crippen LogP contribution in [0.4, 0.5) is 10.1 Å². The van der Waals surface area contributed by atoms with E-state index in [9.17, 15) is 14.0 Å². The molecule has 1 heterocycles. The minimum Gasteiger partial charge on any atom is -0.339 e. The fourth-order valence-electron chi connectivity index (χ4n) is 2.32. The predicted octanol–water partition coefficient (Wildman–Crippen LogP) is 1.20. The van der Waals surface area contributed by atoms with Crippen LogP contribution in [0, 0.1) is 5.82 Å². The van der Waals surface area contributed by atoms with Crippen LogP contribution in [0.15, 0.2) is 18.2 Å². The molecule has 24 heavy (non-hydrogen) atoms. The van der Waals surface area contributed by atoms with E-state index < -0.39 is 5.82 Å². The van der Waals surface area contributed by atoms with Gasteiger partial charge in [-0.3, -0.25) is 14.5 Å². The summed E-state index contributed by atoms with van der Waals surface area (Å²) in [7, 11) is 1.71. The zero-order valence-corrected chi connectivity index (χ0v) is 14.9. The average Bonchev–Trinajstić information content (AvgIpc) is 2.51. The Labute approximate surface area is 151 Å². The van der Waals surface area contributed by atoms with E-state index in [1.807, 2.05) is 0 Å². The van der Waals surface area contributed by atoms with E-state index in [4.69, 9.17) is 11.6 Å². The van der Waals surface area contributed by atoms with E-state index in [2.05, 4.69) is 10.6 Å². The van der Waals surface area contributed by atoms with Crippen molar-refractivity contribution in [3.63, 3.8) is 0 Å². The maximum absolute atomic E-state index is 13.1. The lowest BCUT2D eigenvalue weighted by Crippen LogP contribution is -2.49. The van der Waals surface area contributed by atoms with Crippen LogP contribution in [0.25, 0.3) is 0 Å². The van der Waals surface area contributed by atoms with E-state index in [1.165, 1.54) is 18.2 Å². The Morgan fingerprint density at radius 1 is 1.33 bits per heavy atom. The van der Waals surface area contributed by atoms with Gasteiger partial charge in [0.2, 0.25) is 11.8 Å². The largest absolute Gasteiger partial charge is 0.339 e. The lowest BCUT2D eigenvalue weighted by Gasteiger charge is -2.29. The molecule has 2 N–H and O–H groups in total. The highest BCUT2D eigenvalue weighted by molar-refractivity contribution is 6.31. The SMILES string of the molecule is CN(CC(=O)Nc1ccc(F)c(Cl)c1)CC(=O)N1CCNCC1.Cl. The van der Waals surface area contributed by atoms with Crippen LogP contribution in [-0.2, 0) is 9.59 Å². The quantitative estimate of drug-likeness (QED) is 0.807. The fraction of sp³-hybridized carbons (Fsp3) is 0.467. The molecule has 0 radical (unpaired) electrons. The molecule has 1 saturated heterocycles. The zero-order chi connectivity index (χ0) is 16.8. The number of carbonyl (C=O) groups excluding carboxylic acids is 2. The van der Waals surface area contributed by atoms with Gasteiger partial charge in [0.25, 0.3) is 0 Å². The molecule has 1 aromatic rings. The summed E-state index contributed by atoms with van der Waals surface area (Å²) in [5, 5.41) is 5.76. The summed E-state index contributed by atoms with van der Waals surface area (Å²) in [6, 6.07) is 3.97. The number of nitrogens with one attached hydrogen (secondary N) is 2. The first kappa shape index (κ1) is 20.6. The number of rotatable bonds is 5. The van der Waals surface area contributed by atoms with Crippen LogP contribution in [0.1, 0.15) is 0 Å². The van der Waals surface area contributed by atoms with Gasteiger partial charge >= 0.3 is 0 Å². The molecule has 2 amide bonds. The lowest BCUT2D eigenvalue weighted by molar-refractivity contribution is -0.133. The number of amides is 2. The minimum absolute atomic E-state index is 0. The molecule has 0 atom stereocenters. The number of nitrogens with zero attached hydrogens (tertiary/aromatic N) is 2. The van der Waals surface area contributed by atoms with Gasteiger partial charge in [-0.1, -0.05) is 11.6 Å². The van der Waals surface area contributed by atoms with Gasteiger partial charge in [0.15, 0.2) is 0 Å². The highest BCUT2D eigenvalue weighted by Gasteiger charge is 2.18. The van der Waals surface area contributed by atoms with E-state index in [0.29, 0.717) is 18.8 Å². The third kappa shape index (κ3) is 6.24. The highest BCUT2D eigenvalue weighted by atomic mass is 35.5. The summed E-state index contributed by atoms with van der Waals surface area (Å²) >= 11 is 5.67. The van der Waals surface area contributed by atoms with Gasteiger partial charge in [0.05, 0.1) is 18.1 Å². The van der Waals surface area contributed by atoms with Crippen molar-refractivity contribution in [3.05, 3.63) is 29.0 Å². The van der Waals surface area contributed by atoms with Crippen molar-refractivity contribution in [1.29, 1.82) is 0 Å². The van der Waals surface area contributed by atoms with Gasteiger partial charge in [0.1, 0.15) is 5.82 Å². The predicted molar refractivity (Wildman–Crippen MR) is 94.2 cm³/mol. The number of halogens is 3. The smallest absolute Gasteiger partial charge is 0.238 e. The van der Waals surface area contributed by atoms with Crippen molar-refractivity contribution >= 4 is 41.5 Å². The Bertz CT molecular complexity index is 583. The number of benzene rings is 1. The van der Waals surface area contributed by atoms with Crippen molar-refractivity contribution in [2.24, 2.45) is 0 Å². The first-order chi connectivity index (χ1) is 11.0. The molecule has 9 heteroatoms. The standard InChI is InChI=1S/C15H20ClFN4O2.ClH/c1-20(10-15(23)21-6-4-18-5-7-21)9-14(22)19-11-2-3-13(17)12(16)8-11;/h2-3,8,18H,4-7,9-10H2,1H3,(H,19,22);1H. The summed E-state index contributed by atoms with van der Waals surface area (Å²) in [4.78, 5) is 27.5. The normalized spacial score (nSPS) is 14.2. The summed E-state index contributed by atoms with van der Waals surface area (Å²) in [5.41, 5.74) is 0.420. The van der Waals surface area contributed by atoms with E-state index in [0.717, 1.165) is 13.1 Å². The Kier molecular flexibility index (Phi) is 8.41. The van der Waals surface area contributed by atoms with Crippen LogP contribution in [0.5, 0.6) is 0 Å². The molecule has 1 fully saturated rings. The van der Waals surface area contributed by atoms with E-state index >= 15 is 0 Å². The lowest BCUT2D eigenvalue weighted by atomic mass is 10.3. The maximum Gasteiger partial charge on any atom is 0.238 e. The Balaban J connectivity index is 0.00000288. The number of piperazine rings is 1. The molecular formula is C15H21Cl2FN4O2. The average molecular weight is 379 g/mol. The third-order valence-electron chi connectivity index (χ3n) is 3.49. The van der Waals surface area contributed by atoms with Crippen molar-refractivity contribution in [3.8, 4) is 0 Å². The molecule has 0 unspecified atom stereocenters. The molecule has 1 aliphatic rings. The van der Waals surface area contributed by atoms with Crippen molar-refractivity contribution in [2.45, 2.75) is 0 Å². The molecule has 0 saturated carbocycles. The zero-order valence-electron chi connectivity index (χ0n) is 13.3. The van der Waals surface area contributed by atoms with E-state index in [-0.39, 0.29) is 42.3 Å². The first-order valence-corrected chi connectivity index (χ1v) is 7.75. The van der Waals surface area contributed by atoms with Gasteiger partial charge in [0, 0.05) is 31.9 Å². The van der Waals surface area contributed by atoms with Crippen LogP contribution < -0.4 is 10.6 Å². The molecule has 0 aromatic heterocycles.